The number of hydrogen-bond donors (Lipinski definition) is 1. The lowest BCUT2D eigenvalue weighted by Crippen LogP contribution is -2.05. The zero-order valence-electron chi connectivity index (χ0n) is 15.2. The van der Waals surface area contributed by atoms with E-state index in [1.165, 1.54) is 0 Å². The topological polar surface area (TPSA) is 63.1 Å². The highest BCUT2D eigenvalue weighted by Crippen LogP contribution is 2.35. The second-order valence-corrected chi connectivity index (χ2v) is 7.04. The van der Waals surface area contributed by atoms with Gasteiger partial charge in [-0.2, -0.15) is 0 Å². The number of aliphatic carboxylic acids is 1. The summed E-state index contributed by atoms with van der Waals surface area (Å²) in [6, 6.07) is 19.0. The number of halogens is 1. The molecule has 0 unspecified atom stereocenters. The number of carboxylic acids is 1. The van der Waals surface area contributed by atoms with E-state index in [0.717, 1.165) is 44.5 Å². The Labute approximate surface area is 167 Å². The molecule has 5 heteroatoms. The Balaban J connectivity index is 1.99. The maximum atomic E-state index is 11.5. The average molecular weight is 389 g/mol. The molecule has 0 saturated heterocycles. The highest BCUT2D eigenvalue weighted by Gasteiger charge is 2.17. The molecule has 28 heavy (non-hydrogen) atoms. The first-order valence-electron chi connectivity index (χ1n) is 8.85. The van der Waals surface area contributed by atoms with E-state index in [4.69, 9.17) is 16.6 Å². The van der Waals surface area contributed by atoms with Crippen molar-refractivity contribution in [1.29, 1.82) is 0 Å². The van der Waals surface area contributed by atoms with E-state index < -0.39 is 5.97 Å². The van der Waals surface area contributed by atoms with Crippen molar-refractivity contribution in [1.82, 2.24) is 9.97 Å². The van der Waals surface area contributed by atoms with Gasteiger partial charge in [0.1, 0.15) is 0 Å². The molecule has 2 aromatic heterocycles. The fourth-order valence-corrected chi connectivity index (χ4v) is 3.56. The minimum atomic E-state index is -0.865. The first-order chi connectivity index (χ1) is 13.5. The van der Waals surface area contributed by atoms with Crippen molar-refractivity contribution >= 4 is 28.5 Å². The standard InChI is InChI=1S/C23H17ClN2O2/c1-14-12-21-17(9-10-20(26-21)19-4-2-3-11-25-19)23(18(14)13-22(27)28)15-5-7-16(24)8-6-15/h2-12H,13H2,1H3,(H,27,28). The average Bonchev–Trinajstić information content (AvgIpc) is 2.69. The Morgan fingerprint density at radius 1 is 1.04 bits per heavy atom. The molecule has 138 valence electrons. The van der Waals surface area contributed by atoms with Crippen LogP contribution in [0.4, 0.5) is 0 Å². The van der Waals surface area contributed by atoms with Crippen LogP contribution in [0.3, 0.4) is 0 Å². The summed E-state index contributed by atoms with van der Waals surface area (Å²) in [7, 11) is 0. The third-order valence-electron chi connectivity index (χ3n) is 4.71. The Morgan fingerprint density at radius 2 is 1.82 bits per heavy atom. The van der Waals surface area contributed by atoms with E-state index in [1.54, 1.807) is 6.20 Å². The van der Waals surface area contributed by atoms with E-state index in [-0.39, 0.29) is 6.42 Å². The van der Waals surface area contributed by atoms with Crippen LogP contribution in [-0.4, -0.2) is 21.0 Å². The van der Waals surface area contributed by atoms with Gasteiger partial charge in [0, 0.05) is 16.6 Å². The molecule has 4 aromatic rings. The van der Waals surface area contributed by atoms with Crippen LogP contribution < -0.4 is 0 Å². The maximum Gasteiger partial charge on any atom is 0.307 e. The number of fused-ring (bicyclic) bond motifs is 1. The van der Waals surface area contributed by atoms with Gasteiger partial charge in [-0.05, 0) is 71.6 Å². The van der Waals surface area contributed by atoms with Gasteiger partial charge in [0.25, 0.3) is 0 Å². The molecule has 4 rings (SSSR count). The molecule has 0 amide bonds. The van der Waals surface area contributed by atoms with Crippen molar-refractivity contribution in [3.63, 3.8) is 0 Å². The van der Waals surface area contributed by atoms with Crippen molar-refractivity contribution in [3.8, 4) is 22.5 Å². The third kappa shape index (κ3) is 3.47. The normalized spacial score (nSPS) is 10.9. The van der Waals surface area contributed by atoms with Crippen LogP contribution in [0.15, 0.2) is 66.9 Å². The number of pyridine rings is 2. The van der Waals surface area contributed by atoms with Gasteiger partial charge in [0.05, 0.1) is 23.3 Å². The number of aromatic nitrogens is 2. The van der Waals surface area contributed by atoms with Crippen molar-refractivity contribution in [2.75, 3.05) is 0 Å². The molecule has 0 aliphatic rings. The lowest BCUT2D eigenvalue weighted by molar-refractivity contribution is -0.136. The number of benzene rings is 2. The second-order valence-electron chi connectivity index (χ2n) is 6.60. The minimum Gasteiger partial charge on any atom is -0.481 e. The van der Waals surface area contributed by atoms with Crippen LogP contribution >= 0.6 is 11.6 Å². The lowest BCUT2D eigenvalue weighted by Gasteiger charge is -2.16. The number of carbonyl (C=O) groups is 1. The largest absolute Gasteiger partial charge is 0.481 e. The Morgan fingerprint density at radius 3 is 2.50 bits per heavy atom. The van der Waals surface area contributed by atoms with Gasteiger partial charge in [0.15, 0.2) is 0 Å². The lowest BCUT2D eigenvalue weighted by atomic mass is 9.90. The second kappa shape index (κ2) is 7.41. The fourth-order valence-electron chi connectivity index (χ4n) is 3.43. The molecule has 0 saturated carbocycles. The van der Waals surface area contributed by atoms with E-state index in [1.807, 2.05) is 67.6 Å². The maximum absolute atomic E-state index is 11.5. The molecule has 4 nitrogen and oxygen atoms in total. The Hall–Kier alpha value is -3.24. The van der Waals surface area contributed by atoms with Crippen LogP contribution in [0, 0.1) is 6.92 Å². The zero-order valence-corrected chi connectivity index (χ0v) is 15.9. The van der Waals surface area contributed by atoms with Gasteiger partial charge in [-0.25, -0.2) is 4.98 Å². The first kappa shape index (κ1) is 18.1. The quantitative estimate of drug-likeness (QED) is 0.497. The van der Waals surface area contributed by atoms with Gasteiger partial charge >= 0.3 is 5.97 Å². The third-order valence-corrected chi connectivity index (χ3v) is 4.97. The molecule has 0 fully saturated rings. The molecule has 2 aromatic carbocycles. The summed E-state index contributed by atoms with van der Waals surface area (Å²) in [5.74, 6) is -0.865. The zero-order chi connectivity index (χ0) is 19.7. The van der Waals surface area contributed by atoms with E-state index in [9.17, 15) is 9.90 Å². The summed E-state index contributed by atoms with van der Waals surface area (Å²) in [5.41, 5.74) is 5.86. The van der Waals surface area contributed by atoms with Gasteiger partial charge < -0.3 is 5.11 Å². The summed E-state index contributed by atoms with van der Waals surface area (Å²) in [4.78, 5) is 20.7. The highest BCUT2D eigenvalue weighted by molar-refractivity contribution is 6.30. The number of rotatable bonds is 4. The van der Waals surface area contributed by atoms with Crippen molar-refractivity contribution in [2.45, 2.75) is 13.3 Å². The molecule has 2 heterocycles. The smallest absolute Gasteiger partial charge is 0.307 e. The van der Waals surface area contributed by atoms with Crippen molar-refractivity contribution < 1.29 is 9.90 Å². The number of nitrogens with zero attached hydrogens (tertiary/aromatic N) is 2. The summed E-state index contributed by atoms with van der Waals surface area (Å²) in [5, 5.41) is 11.0. The summed E-state index contributed by atoms with van der Waals surface area (Å²) < 4.78 is 0. The number of aryl methyl sites for hydroxylation is 1. The van der Waals surface area contributed by atoms with E-state index >= 15 is 0 Å². The molecule has 0 atom stereocenters. The summed E-state index contributed by atoms with van der Waals surface area (Å²) >= 11 is 6.05. The SMILES string of the molecule is Cc1cc2nc(-c3ccccn3)ccc2c(-c2ccc(Cl)cc2)c1CC(=O)O. The van der Waals surface area contributed by atoms with Gasteiger partial charge in [-0.15, -0.1) is 0 Å². The predicted molar refractivity (Wildman–Crippen MR) is 111 cm³/mol. The van der Waals surface area contributed by atoms with Crippen LogP contribution in [0.2, 0.25) is 5.02 Å². The molecule has 0 spiro atoms. The highest BCUT2D eigenvalue weighted by atomic mass is 35.5. The molecule has 1 N–H and O–H groups in total. The van der Waals surface area contributed by atoms with Crippen LogP contribution in [-0.2, 0) is 11.2 Å². The van der Waals surface area contributed by atoms with Gasteiger partial charge in [-0.3, -0.25) is 9.78 Å². The van der Waals surface area contributed by atoms with E-state index in [0.29, 0.717) is 5.02 Å². The van der Waals surface area contributed by atoms with Crippen molar-refractivity contribution in [2.24, 2.45) is 0 Å². The van der Waals surface area contributed by atoms with Crippen molar-refractivity contribution in [3.05, 3.63) is 83.0 Å². The van der Waals surface area contributed by atoms with Crippen LogP contribution in [0.25, 0.3) is 33.4 Å². The number of carboxylic acid groups (broad SMARTS) is 1. The minimum absolute atomic E-state index is 0.0538. The van der Waals surface area contributed by atoms with Crippen LogP contribution in [0.1, 0.15) is 11.1 Å². The molecule has 0 radical (unpaired) electrons. The molecule has 0 aliphatic heterocycles. The molecular weight excluding hydrogens is 372 g/mol. The Bertz CT molecular complexity index is 1170. The van der Waals surface area contributed by atoms with E-state index in [2.05, 4.69) is 4.98 Å². The first-order valence-corrected chi connectivity index (χ1v) is 9.23. The molecular formula is C23H17ClN2O2. The molecule has 0 bridgehead atoms. The monoisotopic (exact) mass is 388 g/mol. The predicted octanol–water partition coefficient (Wildman–Crippen LogP) is 5.55. The van der Waals surface area contributed by atoms with Crippen LogP contribution in [0.5, 0.6) is 0 Å². The summed E-state index contributed by atoms with van der Waals surface area (Å²) in [6.07, 6.45) is 1.68. The van der Waals surface area contributed by atoms with Gasteiger partial charge in [-0.1, -0.05) is 29.8 Å². The molecule has 0 aliphatic carbocycles. The Kier molecular flexibility index (Phi) is 4.80. The van der Waals surface area contributed by atoms with Gasteiger partial charge in [0.2, 0.25) is 0 Å². The fraction of sp³-hybridized carbons (Fsp3) is 0.0870. The summed E-state index contributed by atoms with van der Waals surface area (Å²) in [6.45, 7) is 1.92. The number of hydrogen-bond acceptors (Lipinski definition) is 3.